The second-order valence-electron chi connectivity index (χ2n) is 9.46. The van der Waals surface area contributed by atoms with E-state index in [1.165, 1.54) is 24.3 Å². The van der Waals surface area contributed by atoms with E-state index in [1.54, 1.807) is 29.6 Å². The summed E-state index contributed by atoms with van der Waals surface area (Å²) in [5.41, 5.74) is 3.60. The quantitative estimate of drug-likeness (QED) is 0.305. The van der Waals surface area contributed by atoms with Crippen LogP contribution in [-0.2, 0) is 6.18 Å². The Bertz CT molecular complexity index is 1490. The van der Waals surface area contributed by atoms with Gasteiger partial charge in [0.1, 0.15) is 11.6 Å². The fraction of sp³-hybridized carbons (Fsp3) is 0.286. The summed E-state index contributed by atoms with van der Waals surface area (Å²) >= 11 is 0. The van der Waals surface area contributed by atoms with Crippen LogP contribution in [-0.4, -0.2) is 22.1 Å². The molecule has 2 aromatic carbocycles. The van der Waals surface area contributed by atoms with Gasteiger partial charge in [0.05, 0.1) is 40.7 Å². The lowest BCUT2D eigenvalue weighted by Gasteiger charge is -2.27. The van der Waals surface area contributed by atoms with Crippen molar-refractivity contribution in [3.63, 3.8) is 0 Å². The molecule has 1 aliphatic heterocycles. The third kappa shape index (κ3) is 4.54. The number of carbonyl (C=O) groups excluding carboxylic acids is 1. The van der Waals surface area contributed by atoms with Crippen LogP contribution in [0.1, 0.15) is 65.1 Å². The number of fused-ring (bicyclic) bond motifs is 2. The van der Waals surface area contributed by atoms with Gasteiger partial charge in [-0.15, -0.1) is 0 Å². The molecule has 9 heteroatoms. The molecule has 0 saturated heterocycles. The summed E-state index contributed by atoms with van der Waals surface area (Å²) in [6, 6.07) is 12.3. The fourth-order valence-corrected chi connectivity index (χ4v) is 4.93. The Kier molecular flexibility index (Phi) is 6.17. The Balaban J connectivity index is 1.54. The minimum atomic E-state index is -4.42. The summed E-state index contributed by atoms with van der Waals surface area (Å²) in [5.74, 6) is -0.280. The second kappa shape index (κ2) is 9.21. The van der Waals surface area contributed by atoms with Crippen molar-refractivity contribution in [3.05, 3.63) is 88.5 Å². The molecule has 2 aromatic heterocycles. The molecular formula is C28H25F4N3O2. The number of ether oxygens (including phenoxy) is 1. The molecule has 0 aliphatic carbocycles. The lowest BCUT2D eigenvalue weighted by molar-refractivity contribution is -0.137. The van der Waals surface area contributed by atoms with Crippen molar-refractivity contribution >= 4 is 11.4 Å². The van der Waals surface area contributed by atoms with Crippen molar-refractivity contribution in [1.82, 2.24) is 14.9 Å². The number of hydrogen-bond acceptors (Lipinski definition) is 3. The van der Waals surface area contributed by atoms with Gasteiger partial charge in [0.2, 0.25) is 0 Å². The summed E-state index contributed by atoms with van der Waals surface area (Å²) in [5, 5.41) is 7.68. The molecule has 4 aromatic rings. The molecule has 3 heterocycles. The molecule has 37 heavy (non-hydrogen) atoms. The second-order valence-corrected chi connectivity index (χ2v) is 9.46. The fourth-order valence-electron chi connectivity index (χ4n) is 4.93. The van der Waals surface area contributed by atoms with Gasteiger partial charge in [-0.25, -0.2) is 8.91 Å². The highest BCUT2D eigenvalue weighted by atomic mass is 19.4. The van der Waals surface area contributed by atoms with E-state index in [0.29, 0.717) is 57.9 Å². The number of carbonyl (C=O) groups is 1. The minimum absolute atomic E-state index is 0.0939. The molecule has 5 rings (SSSR count). The maximum Gasteiger partial charge on any atom is 0.416 e. The van der Waals surface area contributed by atoms with E-state index in [0.717, 1.165) is 12.1 Å². The van der Waals surface area contributed by atoms with E-state index in [-0.39, 0.29) is 11.8 Å². The SMILES string of the molecule is Cc1nn2c(C(C)C)c(C(=O)N[C@H]3CCOc4ccc(F)cc43)ccc2c1-c1ccc(C(F)(F)F)cc1. The van der Waals surface area contributed by atoms with Crippen molar-refractivity contribution in [2.75, 3.05) is 6.61 Å². The van der Waals surface area contributed by atoms with Gasteiger partial charge in [-0.1, -0.05) is 26.0 Å². The van der Waals surface area contributed by atoms with Crippen LogP contribution >= 0.6 is 0 Å². The normalized spacial score (nSPS) is 15.5. The number of nitrogens with one attached hydrogen (secondary N) is 1. The standard InChI is InChI=1S/C28H25F4N3O2/c1-15(2)26-20(27(36)33-22-12-13-37-24-11-8-19(29)14-21(22)24)9-10-23-25(16(3)34-35(23)26)17-4-6-18(7-5-17)28(30,31)32/h4-11,14-15,22H,12-13H2,1-3H3,(H,33,36)/t22-/m0/s1. The Morgan fingerprint density at radius 3 is 2.51 bits per heavy atom. The third-order valence-corrected chi connectivity index (χ3v) is 6.62. The number of rotatable bonds is 4. The predicted molar refractivity (Wildman–Crippen MR) is 131 cm³/mol. The molecule has 5 nitrogen and oxygen atoms in total. The predicted octanol–water partition coefficient (Wildman–Crippen LogP) is 6.84. The van der Waals surface area contributed by atoms with E-state index in [4.69, 9.17) is 4.74 Å². The van der Waals surface area contributed by atoms with E-state index in [9.17, 15) is 22.4 Å². The van der Waals surface area contributed by atoms with Gasteiger partial charge >= 0.3 is 6.18 Å². The van der Waals surface area contributed by atoms with Gasteiger partial charge < -0.3 is 10.1 Å². The first-order valence-electron chi connectivity index (χ1n) is 12.0. The molecule has 1 aliphatic rings. The largest absolute Gasteiger partial charge is 0.493 e. The van der Waals surface area contributed by atoms with Gasteiger partial charge in [0.15, 0.2) is 0 Å². The molecule has 0 fully saturated rings. The Labute approximate surface area is 211 Å². The van der Waals surface area contributed by atoms with Crippen LogP contribution in [0.3, 0.4) is 0 Å². The summed E-state index contributed by atoms with van der Waals surface area (Å²) in [7, 11) is 0. The summed E-state index contributed by atoms with van der Waals surface area (Å²) in [4.78, 5) is 13.5. The first kappa shape index (κ1) is 24.8. The maximum absolute atomic E-state index is 13.9. The van der Waals surface area contributed by atoms with E-state index in [2.05, 4.69) is 10.4 Å². The Morgan fingerprint density at radius 1 is 1.11 bits per heavy atom. The number of nitrogens with zero attached hydrogens (tertiary/aromatic N) is 2. The van der Waals surface area contributed by atoms with Crippen molar-refractivity contribution in [3.8, 4) is 16.9 Å². The van der Waals surface area contributed by atoms with Crippen molar-refractivity contribution in [2.45, 2.75) is 45.3 Å². The summed E-state index contributed by atoms with van der Waals surface area (Å²) < 4.78 is 60.3. The number of amides is 1. The van der Waals surface area contributed by atoms with Crippen LogP contribution < -0.4 is 10.1 Å². The minimum Gasteiger partial charge on any atom is -0.493 e. The van der Waals surface area contributed by atoms with Gasteiger partial charge in [0.25, 0.3) is 5.91 Å². The van der Waals surface area contributed by atoms with Crippen LogP contribution in [0.15, 0.2) is 54.6 Å². The molecule has 0 bridgehead atoms. The Morgan fingerprint density at radius 2 is 1.84 bits per heavy atom. The topological polar surface area (TPSA) is 55.6 Å². The molecule has 0 unspecified atom stereocenters. The average molecular weight is 512 g/mol. The molecule has 1 amide bonds. The molecule has 0 saturated carbocycles. The van der Waals surface area contributed by atoms with Gasteiger partial charge in [0, 0.05) is 17.5 Å². The highest BCUT2D eigenvalue weighted by molar-refractivity contribution is 5.97. The molecule has 192 valence electrons. The van der Waals surface area contributed by atoms with Gasteiger partial charge in [-0.05, 0) is 60.9 Å². The molecule has 0 radical (unpaired) electrons. The lowest BCUT2D eigenvalue weighted by atomic mass is 9.97. The maximum atomic E-state index is 13.9. The number of aryl methyl sites for hydroxylation is 1. The van der Waals surface area contributed by atoms with Crippen molar-refractivity contribution in [2.24, 2.45) is 0 Å². The van der Waals surface area contributed by atoms with Crippen molar-refractivity contribution < 1.29 is 27.1 Å². The monoisotopic (exact) mass is 511 g/mol. The number of hydrogen-bond donors (Lipinski definition) is 1. The number of aromatic nitrogens is 2. The summed E-state index contributed by atoms with van der Waals surface area (Å²) in [6.07, 6.45) is -3.92. The zero-order valence-corrected chi connectivity index (χ0v) is 20.5. The highest BCUT2D eigenvalue weighted by Gasteiger charge is 2.31. The zero-order chi connectivity index (χ0) is 26.5. The summed E-state index contributed by atoms with van der Waals surface area (Å²) in [6.45, 7) is 6.07. The first-order valence-corrected chi connectivity index (χ1v) is 12.0. The van der Waals surface area contributed by atoms with Crippen LogP contribution in [0.4, 0.5) is 17.6 Å². The molecule has 1 atom stereocenters. The Hall–Kier alpha value is -3.88. The van der Waals surface area contributed by atoms with Crippen LogP contribution in [0.25, 0.3) is 16.6 Å². The van der Waals surface area contributed by atoms with E-state index in [1.807, 2.05) is 13.8 Å². The number of pyridine rings is 1. The molecular weight excluding hydrogens is 486 g/mol. The van der Waals surface area contributed by atoms with E-state index < -0.39 is 23.6 Å². The van der Waals surface area contributed by atoms with E-state index >= 15 is 0 Å². The van der Waals surface area contributed by atoms with Gasteiger partial charge in [-0.3, -0.25) is 4.79 Å². The molecule has 1 N–H and O–H groups in total. The number of benzene rings is 2. The smallest absolute Gasteiger partial charge is 0.416 e. The third-order valence-electron chi connectivity index (χ3n) is 6.62. The van der Waals surface area contributed by atoms with Crippen molar-refractivity contribution in [1.29, 1.82) is 0 Å². The van der Waals surface area contributed by atoms with Crippen LogP contribution in [0.5, 0.6) is 5.75 Å². The highest BCUT2D eigenvalue weighted by Crippen LogP contribution is 2.36. The number of alkyl halides is 3. The lowest BCUT2D eigenvalue weighted by Crippen LogP contribution is -2.33. The number of halogens is 4. The molecule has 0 spiro atoms. The zero-order valence-electron chi connectivity index (χ0n) is 20.5. The first-order chi connectivity index (χ1) is 17.5. The van der Waals surface area contributed by atoms with Crippen LogP contribution in [0, 0.1) is 12.7 Å². The average Bonchev–Trinajstić information content (AvgIpc) is 3.18. The van der Waals surface area contributed by atoms with Gasteiger partial charge in [-0.2, -0.15) is 18.3 Å². The van der Waals surface area contributed by atoms with Crippen LogP contribution in [0.2, 0.25) is 0 Å².